The molecule has 1 saturated heterocycles. The molecule has 3 aromatic rings. The Morgan fingerprint density at radius 3 is 2.35 bits per heavy atom. The number of carbonyl (C=O) groups is 1. The second kappa shape index (κ2) is 11.7. The van der Waals surface area contributed by atoms with E-state index in [1.54, 1.807) is 30.3 Å². The molecule has 2 aromatic carbocycles. The van der Waals surface area contributed by atoms with E-state index in [9.17, 15) is 14.3 Å². The Hall–Kier alpha value is -3.29. The maximum Gasteiger partial charge on any atom is 0.269 e. The van der Waals surface area contributed by atoms with Crippen LogP contribution < -0.4 is 10.1 Å². The fourth-order valence-corrected chi connectivity index (χ4v) is 4.06. The molecule has 1 amide bonds. The number of amides is 1. The molecule has 2 heterocycles. The van der Waals surface area contributed by atoms with Gasteiger partial charge in [0.15, 0.2) is 0 Å². The maximum absolute atomic E-state index is 13.1. The molecule has 0 radical (unpaired) electrons. The second-order valence-electron chi connectivity index (χ2n) is 8.46. The first-order chi connectivity index (χ1) is 16.6. The number of aliphatic hydroxyl groups is 1. The van der Waals surface area contributed by atoms with Crippen LogP contribution in [0.3, 0.4) is 0 Å². The smallest absolute Gasteiger partial charge is 0.269 e. The third-order valence-electron chi connectivity index (χ3n) is 5.88. The molecule has 34 heavy (non-hydrogen) atoms. The first-order valence-corrected chi connectivity index (χ1v) is 11.8. The normalized spacial score (nSPS) is 14.1. The van der Waals surface area contributed by atoms with Crippen LogP contribution in [-0.4, -0.2) is 53.7 Å². The number of piperidine rings is 1. The number of benzene rings is 2. The fourth-order valence-electron chi connectivity index (χ4n) is 4.06. The van der Waals surface area contributed by atoms with Crippen molar-refractivity contribution in [3.8, 4) is 22.8 Å². The summed E-state index contributed by atoms with van der Waals surface area (Å²) in [5.41, 5.74) is 2.67. The van der Waals surface area contributed by atoms with E-state index < -0.39 is 0 Å². The van der Waals surface area contributed by atoms with Gasteiger partial charge in [0.25, 0.3) is 5.91 Å². The Kier molecular flexibility index (Phi) is 8.22. The molecule has 0 unspecified atom stereocenters. The zero-order valence-corrected chi connectivity index (χ0v) is 19.2. The third kappa shape index (κ3) is 6.62. The number of ether oxygens (including phenoxy) is 1. The second-order valence-corrected chi connectivity index (χ2v) is 8.46. The first-order valence-electron chi connectivity index (χ1n) is 11.8. The van der Waals surface area contributed by atoms with Crippen LogP contribution in [0.4, 0.5) is 4.39 Å². The van der Waals surface area contributed by atoms with Gasteiger partial charge in [-0.3, -0.25) is 4.79 Å². The third-order valence-corrected chi connectivity index (χ3v) is 5.88. The lowest BCUT2D eigenvalue weighted by Crippen LogP contribution is -2.37. The molecular weight excluding hydrogens is 433 g/mol. The Bertz CT molecular complexity index is 1080. The standard InChI is InChI=1S/C27H30FN3O3/c28-22-6-10-24(11-7-22)34-23-8-4-21(5-9-23)25-18-20(12-17-32)19-26(30-25)27(33)29-13-16-31-14-2-1-3-15-31/h4-11,18-19,32H,1-3,12-17H2,(H,29,33). The molecule has 0 saturated carbocycles. The van der Waals surface area contributed by atoms with Gasteiger partial charge in [0, 0.05) is 25.3 Å². The molecule has 0 atom stereocenters. The Balaban J connectivity index is 1.45. The van der Waals surface area contributed by atoms with E-state index in [1.165, 1.54) is 31.4 Å². The number of hydrogen-bond donors (Lipinski definition) is 2. The van der Waals surface area contributed by atoms with Crippen molar-refractivity contribution in [3.05, 3.63) is 77.7 Å². The van der Waals surface area contributed by atoms with Crippen LogP contribution in [0.25, 0.3) is 11.3 Å². The zero-order valence-electron chi connectivity index (χ0n) is 19.2. The molecule has 2 N–H and O–H groups in total. The molecule has 7 heteroatoms. The number of aromatic nitrogens is 1. The lowest BCUT2D eigenvalue weighted by molar-refractivity contribution is 0.0941. The average molecular weight is 464 g/mol. The number of nitrogens with zero attached hydrogens (tertiary/aromatic N) is 2. The average Bonchev–Trinajstić information content (AvgIpc) is 2.86. The molecule has 0 bridgehead atoms. The summed E-state index contributed by atoms with van der Waals surface area (Å²) in [6, 6.07) is 16.8. The number of aliphatic hydroxyl groups excluding tert-OH is 1. The van der Waals surface area contributed by atoms with Gasteiger partial charge in [-0.2, -0.15) is 0 Å². The quantitative estimate of drug-likeness (QED) is 0.491. The van der Waals surface area contributed by atoms with Gasteiger partial charge in [-0.1, -0.05) is 6.42 Å². The van der Waals surface area contributed by atoms with E-state index in [1.807, 2.05) is 18.2 Å². The lowest BCUT2D eigenvalue weighted by Gasteiger charge is -2.26. The van der Waals surface area contributed by atoms with Crippen molar-refractivity contribution in [2.75, 3.05) is 32.8 Å². The van der Waals surface area contributed by atoms with Crippen molar-refractivity contribution in [2.24, 2.45) is 0 Å². The zero-order chi connectivity index (χ0) is 23.8. The van der Waals surface area contributed by atoms with Gasteiger partial charge >= 0.3 is 0 Å². The number of carbonyl (C=O) groups excluding carboxylic acids is 1. The van der Waals surface area contributed by atoms with Crippen LogP contribution in [0.5, 0.6) is 11.5 Å². The minimum Gasteiger partial charge on any atom is -0.457 e. The number of likely N-dealkylation sites (tertiary alicyclic amines) is 1. The Morgan fingerprint density at radius 1 is 1.00 bits per heavy atom. The number of rotatable bonds is 9. The highest BCUT2D eigenvalue weighted by Crippen LogP contribution is 2.26. The Morgan fingerprint density at radius 2 is 1.68 bits per heavy atom. The summed E-state index contributed by atoms with van der Waals surface area (Å²) in [6.45, 7) is 3.58. The summed E-state index contributed by atoms with van der Waals surface area (Å²) in [5, 5.41) is 12.4. The minimum atomic E-state index is -0.317. The van der Waals surface area contributed by atoms with Crippen molar-refractivity contribution in [2.45, 2.75) is 25.7 Å². The molecular formula is C27H30FN3O3. The van der Waals surface area contributed by atoms with Gasteiger partial charge in [0.1, 0.15) is 23.0 Å². The van der Waals surface area contributed by atoms with E-state index in [2.05, 4.69) is 15.2 Å². The summed E-state index contributed by atoms with van der Waals surface area (Å²) in [5.74, 6) is 0.621. The fraction of sp³-hybridized carbons (Fsp3) is 0.333. The highest BCUT2D eigenvalue weighted by atomic mass is 19.1. The molecule has 0 aliphatic carbocycles. The number of halogens is 1. The highest BCUT2D eigenvalue weighted by molar-refractivity contribution is 5.93. The number of nitrogens with one attached hydrogen (secondary N) is 1. The molecule has 1 aliphatic heterocycles. The molecule has 1 aromatic heterocycles. The topological polar surface area (TPSA) is 74.7 Å². The summed E-state index contributed by atoms with van der Waals surface area (Å²) < 4.78 is 18.8. The number of hydrogen-bond acceptors (Lipinski definition) is 5. The van der Waals surface area contributed by atoms with Crippen molar-refractivity contribution in [1.82, 2.24) is 15.2 Å². The van der Waals surface area contributed by atoms with Crippen LogP contribution >= 0.6 is 0 Å². The van der Waals surface area contributed by atoms with Gasteiger partial charge in [-0.15, -0.1) is 0 Å². The monoisotopic (exact) mass is 463 g/mol. The summed E-state index contributed by atoms with van der Waals surface area (Å²) in [4.78, 5) is 19.8. The minimum absolute atomic E-state index is 0.01000. The molecule has 4 rings (SSSR count). The van der Waals surface area contributed by atoms with Crippen LogP contribution in [0.15, 0.2) is 60.7 Å². The van der Waals surface area contributed by atoms with Crippen molar-refractivity contribution in [3.63, 3.8) is 0 Å². The largest absolute Gasteiger partial charge is 0.457 e. The van der Waals surface area contributed by atoms with Crippen LogP contribution in [0.2, 0.25) is 0 Å². The van der Waals surface area contributed by atoms with Gasteiger partial charge < -0.3 is 20.1 Å². The number of pyridine rings is 1. The Labute approximate surface area is 199 Å². The summed E-state index contributed by atoms with van der Waals surface area (Å²) in [7, 11) is 0. The first kappa shape index (κ1) is 23.9. The van der Waals surface area contributed by atoms with Gasteiger partial charge in [-0.25, -0.2) is 9.37 Å². The van der Waals surface area contributed by atoms with Gasteiger partial charge in [-0.05, 0) is 98.6 Å². The van der Waals surface area contributed by atoms with E-state index in [4.69, 9.17) is 4.74 Å². The maximum atomic E-state index is 13.1. The van der Waals surface area contributed by atoms with Crippen LogP contribution in [-0.2, 0) is 6.42 Å². The van der Waals surface area contributed by atoms with Crippen LogP contribution in [0.1, 0.15) is 35.3 Å². The van der Waals surface area contributed by atoms with E-state index >= 15 is 0 Å². The molecule has 0 spiro atoms. The summed E-state index contributed by atoms with van der Waals surface area (Å²) in [6.07, 6.45) is 4.16. The van der Waals surface area contributed by atoms with E-state index in [0.717, 1.165) is 30.8 Å². The highest BCUT2D eigenvalue weighted by Gasteiger charge is 2.14. The van der Waals surface area contributed by atoms with Crippen molar-refractivity contribution in [1.29, 1.82) is 0 Å². The van der Waals surface area contributed by atoms with Crippen LogP contribution in [0, 0.1) is 5.82 Å². The molecule has 178 valence electrons. The molecule has 6 nitrogen and oxygen atoms in total. The van der Waals surface area contributed by atoms with Gasteiger partial charge in [0.2, 0.25) is 0 Å². The van der Waals surface area contributed by atoms with E-state index in [-0.39, 0.29) is 18.3 Å². The van der Waals surface area contributed by atoms with E-state index in [0.29, 0.717) is 35.9 Å². The predicted molar refractivity (Wildman–Crippen MR) is 130 cm³/mol. The van der Waals surface area contributed by atoms with Crippen molar-refractivity contribution < 1.29 is 19.0 Å². The van der Waals surface area contributed by atoms with Gasteiger partial charge in [0.05, 0.1) is 5.69 Å². The van der Waals surface area contributed by atoms with Crippen molar-refractivity contribution >= 4 is 5.91 Å². The SMILES string of the molecule is O=C(NCCN1CCCCC1)c1cc(CCO)cc(-c2ccc(Oc3ccc(F)cc3)cc2)n1. The molecule has 1 aliphatic rings. The molecule has 1 fully saturated rings. The lowest BCUT2D eigenvalue weighted by atomic mass is 10.1. The summed E-state index contributed by atoms with van der Waals surface area (Å²) >= 11 is 0. The predicted octanol–water partition coefficient (Wildman–Crippen LogP) is 4.43.